The molecule has 6 nitrogen and oxygen atoms in total. The molecule has 10 heteroatoms. The number of aromatic nitrogens is 3. The van der Waals surface area contributed by atoms with Gasteiger partial charge in [-0.1, -0.05) is 6.92 Å². The summed E-state index contributed by atoms with van der Waals surface area (Å²) >= 11 is 0. The zero-order valence-corrected chi connectivity index (χ0v) is 11.9. The van der Waals surface area contributed by atoms with Crippen molar-refractivity contribution in [1.29, 1.82) is 0 Å². The molecule has 1 aromatic rings. The van der Waals surface area contributed by atoms with E-state index in [0.29, 0.717) is 6.54 Å². The lowest BCUT2D eigenvalue weighted by Gasteiger charge is -2.17. The van der Waals surface area contributed by atoms with Gasteiger partial charge >= 0.3 is 18.4 Å². The van der Waals surface area contributed by atoms with Crippen molar-refractivity contribution in [2.75, 3.05) is 37.5 Å². The minimum atomic E-state index is -4.26. The number of ether oxygens (including phenoxy) is 1. The fraction of sp³-hybridized carbons (Fsp3) is 0.727. The summed E-state index contributed by atoms with van der Waals surface area (Å²) in [6.45, 7) is 0.972. The molecule has 0 aliphatic rings. The predicted molar refractivity (Wildman–Crippen MR) is 69.4 cm³/mol. The first-order chi connectivity index (χ1) is 9.76. The standard InChI is InChI=1S/C11H17F4N5O/c1-4-5-16-8-17-9(20(2)3)19-10(18-8)21-6-11(14,15)7(12)13/h7H,4-6H2,1-3H3,(H,16,17,18,19). The van der Waals surface area contributed by atoms with Crippen LogP contribution in [-0.4, -0.2) is 54.5 Å². The Hall–Kier alpha value is -1.87. The smallest absolute Gasteiger partial charge is 0.340 e. The molecule has 1 aromatic heterocycles. The molecule has 0 aliphatic carbocycles. The summed E-state index contributed by atoms with van der Waals surface area (Å²) < 4.78 is 54.4. The quantitative estimate of drug-likeness (QED) is 0.741. The molecule has 0 spiro atoms. The van der Waals surface area contributed by atoms with Crippen molar-refractivity contribution in [2.45, 2.75) is 25.7 Å². The number of halogens is 4. The van der Waals surface area contributed by atoms with E-state index in [9.17, 15) is 17.6 Å². The molecule has 120 valence electrons. The highest BCUT2D eigenvalue weighted by molar-refractivity contribution is 5.36. The van der Waals surface area contributed by atoms with Gasteiger partial charge in [-0.25, -0.2) is 8.78 Å². The Morgan fingerprint density at radius 1 is 1.24 bits per heavy atom. The molecule has 0 unspecified atom stereocenters. The Kier molecular flexibility index (Phi) is 5.91. The van der Waals surface area contributed by atoms with E-state index in [2.05, 4.69) is 25.0 Å². The maximum Gasteiger partial charge on any atom is 0.340 e. The van der Waals surface area contributed by atoms with Crippen LogP contribution in [0.2, 0.25) is 0 Å². The lowest BCUT2D eigenvalue weighted by atomic mass is 10.4. The molecular formula is C11H17F4N5O. The molecule has 0 atom stereocenters. The molecular weight excluding hydrogens is 294 g/mol. The molecule has 1 N–H and O–H groups in total. The highest BCUT2D eigenvalue weighted by Crippen LogP contribution is 2.24. The third kappa shape index (κ3) is 5.20. The Morgan fingerprint density at radius 3 is 2.43 bits per heavy atom. The molecule has 0 fully saturated rings. The van der Waals surface area contributed by atoms with Crippen LogP contribution in [0.15, 0.2) is 0 Å². The van der Waals surface area contributed by atoms with Crippen LogP contribution in [0.1, 0.15) is 13.3 Å². The Balaban J connectivity index is 2.87. The molecule has 0 saturated carbocycles. The van der Waals surface area contributed by atoms with Gasteiger partial charge in [0.25, 0.3) is 0 Å². The van der Waals surface area contributed by atoms with Crippen LogP contribution in [-0.2, 0) is 0 Å². The first kappa shape index (κ1) is 17.2. The second kappa shape index (κ2) is 7.23. The van der Waals surface area contributed by atoms with Gasteiger partial charge in [-0.15, -0.1) is 0 Å². The second-order valence-corrected chi connectivity index (χ2v) is 4.41. The first-order valence-electron chi connectivity index (χ1n) is 6.22. The normalized spacial score (nSPS) is 11.6. The van der Waals surface area contributed by atoms with Crippen LogP contribution in [0.5, 0.6) is 6.01 Å². The molecule has 0 amide bonds. The van der Waals surface area contributed by atoms with Gasteiger partial charge in [0.15, 0.2) is 6.61 Å². The average Bonchev–Trinajstić information content (AvgIpc) is 2.42. The van der Waals surface area contributed by atoms with Crippen LogP contribution in [0.25, 0.3) is 0 Å². The van der Waals surface area contributed by atoms with Crippen LogP contribution in [0.4, 0.5) is 29.5 Å². The number of nitrogens with one attached hydrogen (secondary N) is 1. The minimum Gasteiger partial charge on any atom is -0.457 e. The number of nitrogens with zero attached hydrogens (tertiary/aromatic N) is 4. The zero-order valence-electron chi connectivity index (χ0n) is 11.9. The van der Waals surface area contributed by atoms with Crippen LogP contribution >= 0.6 is 0 Å². The Bertz CT molecular complexity index is 458. The Morgan fingerprint density at radius 2 is 1.90 bits per heavy atom. The summed E-state index contributed by atoms with van der Waals surface area (Å²) in [6.07, 6.45) is -3.02. The molecule has 0 aromatic carbocycles. The summed E-state index contributed by atoms with van der Waals surface area (Å²) in [7, 11) is 3.27. The average molecular weight is 311 g/mol. The van der Waals surface area contributed by atoms with Crippen LogP contribution in [0, 0.1) is 0 Å². The zero-order chi connectivity index (χ0) is 16.0. The molecule has 1 rings (SSSR count). The van der Waals surface area contributed by atoms with E-state index in [1.807, 2.05) is 6.92 Å². The van der Waals surface area contributed by atoms with Gasteiger partial charge in [-0.3, -0.25) is 0 Å². The molecule has 0 aliphatic heterocycles. The van der Waals surface area contributed by atoms with Gasteiger partial charge in [0.1, 0.15) is 0 Å². The van der Waals surface area contributed by atoms with Crippen molar-refractivity contribution in [2.24, 2.45) is 0 Å². The molecule has 0 bridgehead atoms. The van der Waals surface area contributed by atoms with Gasteiger partial charge in [0.2, 0.25) is 11.9 Å². The highest BCUT2D eigenvalue weighted by atomic mass is 19.3. The van der Waals surface area contributed by atoms with Crippen molar-refractivity contribution < 1.29 is 22.3 Å². The van der Waals surface area contributed by atoms with Gasteiger partial charge in [0.05, 0.1) is 0 Å². The largest absolute Gasteiger partial charge is 0.457 e. The summed E-state index contributed by atoms with van der Waals surface area (Å²) in [5.74, 6) is -3.97. The number of alkyl halides is 4. The van der Waals surface area contributed by atoms with Gasteiger partial charge < -0.3 is 15.0 Å². The maximum absolute atomic E-state index is 12.8. The second-order valence-electron chi connectivity index (χ2n) is 4.41. The van der Waals surface area contributed by atoms with Crippen molar-refractivity contribution in [1.82, 2.24) is 15.0 Å². The summed E-state index contributed by atoms with van der Waals surface area (Å²) in [6, 6.07) is -0.437. The lowest BCUT2D eigenvalue weighted by molar-refractivity contribution is -0.149. The third-order valence-corrected chi connectivity index (χ3v) is 2.25. The number of rotatable bonds is 8. The molecule has 1 heterocycles. The Labute approximate surface area is 119 Å². The number of hydrogen-bond donors (Lipinski definition) is 1. The molecule has 0 radical (unpaired) electrons. The molecule has 0 saturated heterocycles. The van der Waals surface area contributed by atoms with E-state index < -0.39 is 25.0 Å². The van der Waals surface area contributed by atoms with Gasteiger partial charge in [-0.2, -0.15) is 23.7 Å². The van der Waals surface area contributed by atoms with E-state index >= 15 is 0 Å². The van der Waals surface area contributed by atoms with E-state index in [0.717, 1.165) is 6.42 Å². The maximum atomic E-state index is 12.8. The van der Waals surface area contributed by atoms with Gasteiger partial charge in [-0.05, 0) is 6.42 Å². The van der Waals surface area contributed by atoms with E-state index in [1.165, 1.54) is 4.90 Å². The molecule has 21 heavy (non-hydrogen) atoms. The fourth-order valence-electron chi connectivity index (χ4n) is 1.15. The van der Waals surface area contributed by atoms with Crippen molar-refractivity contribution in [3.05, 3.63) is 0 Å². The topological polar surface area (TPSA) is 63.2 Å². The third-order valence-electron chi connectivity index (χ3n) is 2.25. The summed E-state index contributed by atoms with van der Waals surface area (Å²) in [5.41, 5.74) is 0. The van der Waals surface area contributed by atoms with E-state index in [-0.39, 0.29) is 11.9 Å². The monoisotopic (exact) mass is 311 g/mol. The summed E-state index contributed by atoms with van der Waals surface area (Å²) in [4.78, 5) is 13.1. The number of hydrogen-bond acceptors (Lipinski definition) is 6. The van der Waals surface area contributed by atoms with Crippen molar-refractivity contribution in [3.63, 3.8) is 0 Å². The van der Waals surface area contributed by atoms with Gasteiger partial charge in [0, 0.05) is 20.6 Å². The number of anilines is 2. The van der Waals surface area contributed by atoms with E-state index in [1.54, 1.807) is 14.1 Å². The van der Waals surface area contributed by atoms with Crippen molar-refractivity contribution in [3.8, 4) is 6.01 Å². The fourth-order valence-corrected chi connectivity index (χ4v) is 1.15. The predicted octanol–water partition coefficient (Wildman–Crippen LogP) is 2.04. The van der Waals surface area contributed by atoms with Crippen LogP contribution < -0.4 is 15.0 Å². The lowest BCUT2D eigenvalue weighted by Crippen LogP contribution is -2.34. The van der Waals surface area contributed by atoms with E-state index in [4.69, 9.17) is 0 Å². The summed E-state index contributed by atoms with van der Waals surface area (Å²) in [5, 5.41) is 2.85. The first-order valence-corrected chi connectivity index (χ1v) is 6.22. The van der Waals surface area contributed by atoms with Crippen molar-refractivity contribution >= 4 is 11.9 Å². The van der Waals surface area contributed by atoms with Crippen LogP contribution in [0.3, 0.4) is 0 Å². The SMILES string of the molecule is CCCNc1nc(OCC(F)(F)C(F)F)nc(N(C)C)n1. The minimum absolute atomic E-state index is 0.130. The highest BCUT2D eigenvalue weighted by Gasteiger charge is 2.42.